The van der Waals surface area contributed by atoms with Crippen LogP contribution in [0.4, 0.5) is 0 Å². The number of carbonyl (C=O) groups is 2. The molecule has 7 heteroatoms. The number of hydrogen-bond donors (Lipinski definition) is 1. The number of carbonyl (C=O) groups excluding carboxylic acids is 1. The van der Waals surface area contributed by atoms with Gasteiger partial charge in [-0.15, -0.1) is 11.8 Å². The fourth-order valence-electron chi connectivity index (χ4n) is 2.22. The van der Waals surface area contributed by atoms with E-state index >= 15 is 0 Å². The molecule has 2 atom stereocenters. The molecule has 120 valence electrons. The highest BCUT2D eigenvalue weighted by Gasteiger charge is 2.32. The summed E-state index contributed by atoms with van der Waals surface area (Å²) in [6, 6.07) is 7.47. The maximum absolute atomic E-state index is 12.3. The molecule has 1 aromatic carbocycles. The number of thioether (sulfide) groups is 1. The van der Waals surface area contributed by atoms with Crippen LogP contribution in [0.25, 0.3) is 0 Å². The van der Waals surface area contributed by atoms with Crippen LogP contribution in [0.15, 0.2) is 29.2 Å². The minimum atomic E-state index is -1.04. The molecule has 2 rings (SSSR count). The molecule has 22 heavy (non-hydrogen) atoms. The van der Waals surface area contributed by atoms with Crippen LogP contribution in [0, 0.1) is 0 Å². The van der Waals surface area contributed by atoms with E-state index in [9.17, 15) is 9.59 Å². The third kappa shape index (κ3) is 4.38. The Bertz CT molecular complexity index is 550. The van der Waals surface area contributed by atoms with Crippen molar-refractivity contribution >= 4 is 23.6 Å². The van der Waals surface area contributed by atoms with Crippen LogP contribution in [0.1, 0.15) is 6.92 Å². The van der Waals surface area contributed by atoms with Crippen molar-refractivity contribution in [1.82, 2.24) is 4.90 Å². The first kappa shape index (κ1) is 16.6. The van der Waals surface area contributed by atoms with Crippen LogP contribution < -0.4 is 4.74 Å². The Morgan fingerprint density at radius 1 is 1.45 bits per heavy atom. The molecular formula is C15H19NO5S. The van der Waals surface area contributed by atoms with Gasteiger partial charge in [-0.05, 0) is 25.1 Å². The predicted molar refractivity (Wildman–Crippen MR) is 82.3 cm³/mol. The topological polar surface area (TPSA) is 76.1 Å². The molecule has 1 amide bonds. The number of methoxy groups -OCH3 is 1. The SMILES string of the molecule is COc1cccc(SCC(=O)N2CC(C(=O)O)O[C@H](C)C2)c1. The lowest BCUT2D eigenvalue weighted by molar-refractivity contribution is -0.165. The molecule has 0 saturated carbocycles. The number of ether oxygens (including phenoxy) is 2. The van der Waals surface area contributed by atoms with Crippen LogP contribution in [-0.4, -0.2) is 60.0 Å². The van der Waals surface area contributed by atoms with Gasteiger partial charge in [0.2, 0.25) is 5.91 Å². The number of aliphatic carboxylic acids is 1. The molecule has 1 aliphatic heterocycles. The average molecular weight is 325 g/mol. The van der Waals surface area contributed by atoms with Crippen molar-refractivity contribution in [2.45, 2.75) is 24.0 Å². The zero-order chi connectivity index (χ0) is 16.1. The molecular weight excluding hydrogens is 306 g/mol. The van der Waals surface area contributed by atoms with Crippen molar-refractivity contribution in [3.05, 3.63) is 24.3 Å². The Hall–Kier alpha value is -1.73. The van der Waals surface area contributed by atoms with E-state index in [1.807, 2.05) is 24.3 Å². The third-order valence-electron chi connectivity index (χ3n) is 3.29. The lowest BCUT2D eigenvalue weighted by atomic mass is 10.2. The molecule has 1 unspecified atom stereocenters. The Morgan fingerprint density at radius 3 is 2.91 bits per heavy atom. The lowest BCUT2D eigenvalue weighted by Gasteiger charge is -2.34. The Labute approximate surface area is 133 Å². The van der Waals surface area contributed by atoms with Gasteiger partial charge in [0.25, 0.3) is 0 Å². The summed E-state index contributed by atoms with van der Waals surface area (Å²) in [5.74, 6) is -0.130. The number of carboxylic acids is 1. The quantitative estimate of drug-likeness (QED) is 0.827. The highest BCUT2D eigenvalue weighted by Crippen LogP contribution is 2.23. The van der Waals surface area contributed by atoms with E-state index in [1.165, 1.54) is 11.8 Å². The van der Waals surface area contributed by atoms with Gasteiger partial charge >= 0.3 is 5.97 Å². The third-order valence-corrected chi connectivity index (χ3v) is 4.27. The van der Waals surface area contributed by atoms with Crippen LogP contribution in [-0.2, 0) is 14.3 Å². The molecule has 0 spiro atoms. The van der Waals surface area contributed by atoms with Crippen LogP contribution in [0.5, 0.6) is 5.75 Å². The highest BCUT2D eigenvalue weighted by atomic mass is 32.2. The first-order valence-electron chi connectivity index (χ1n) is 6.92. The highest BCUT2D eigenvalue weighted by molar-refractivity contribution is 8.00. The van der Waals surface area contributed by atoms with E-state index in [-0.39, 0.29) is 24.3 Å². The fourth-order valence-corrected chi connectivity index (χ4v) is 3.07. The number of amides is 1. The van der Waals surface area contributed by atoms with Gasteiger partial charge in [-0.25, -0.2) is 4.79 Å². The fraction of sp³-hybridized carbons (Fsp3) is 0.467. The van der Waals surface area contributed by atoms with E-state index in [2.05, 4.69) is 0 Å². The predicted octanol–water partition coefficient (Wildman–Crippen LogP) is 1.49. The molecule has 6 nitrogen and oxygen atoms in total. The summed E-state index contributed by atoms with van der Waals surface area (Å²) in [7, 11) is 1.59. The second-order valence-electron chi connectivity index (χ2n) is 5.04. The van der Waals surface area contributed by atoms with Crippen molar-refractivity contribution < 1.29 is 24.2 Å². The average Bonchev–Trinajstić information content (AvgIpc) is 2.52. The van der Waals surface area contributed by atoms with E-state index in [1.54, 1.807) is 18.9 Å². The van der Waals surface area contributed by atoms with E-state index in [4.69, 9.17) is 14.6 Å². The first-order chi connectivity index (χ1) is 10.5. The summed E-state index contributed by atoms with van der Waals surface area (Å²) in [6.07, 6.45) is -1.23. The normalized spacial score (nSPS) is 21.5. The summed E-state index contributed by atoms with van der Waals surface area (Å²) >= 11 is 1.40. The van der Waals surface area contributed by atoms with Gasteiger partial charge in [-0.3, -0.25) is 4.79 Å². The Kier molecular flexibility index (Phi) is 5.68. The van der Waals surface area contributed by atoms with Crippen molar-refractivity contribution in [1.29, 1.82) is 0 Å². The molecule has 1 heterocycles. The smallest absolute Gasteiger partial charge is 0.334 e. The molecule has 0 aliphatic carbocycles. The van der Waals surface area contributed by atoms with Crippen LogP contribution in [0.3, 0.4) is 0 Å². The molecule has 1 N–H and O–H groups in total. The maximum atomic E-state index is 12.3. The molecule has 1 aliphatic rings. The maximum Gasteiger partial charge on any atom is 0.334 e. The summed E-state index contributed by atoms with van der Waals surface area (Å²) in [5.41, 5.74) is 0. The number of nitrogens with zero attached hydrogens (tertiary/aromatic N) is 1. The number of rotatable bonds is 5. The molecule has 0 aromatic heterocycles. The van der Waals surface area contributed by atoms with Gasteiger partial charge in [0, 0.05) is 11.4 Å². The first-order valence-corrected chi connectivity index (χ1v) is 7.91. The second-order valence-corrected chi connectivity index (χ2v) is 6.09. The van der Waals surface area contributed by atoms with Gasteiger partial charge in [0.15, 0.2) is 6.10 Å². The number of morpholine rings is 1. The van der Waals surface area contributed by atoms with Gasteiger partial charge in [0.05, 0.1) is 25.5 Å². The Balaban J connectivity index is 1.92. The molecule has 0 radical (unpaired) electrons. The lowest BCUT2D eigenvalue weighted by Crippen LogP contribution is -2.52. The van der Waals surface area contributed by atoms with Gasteiger partial charge in [-0.1, -0.05) is 6.07 Å². The van der Waals surface area contributed by atoms with Crippen LogP contribution in [0.2, 0.25) is 0 Å². The van der Waals surface area contributed by atoms with Gasteiger partial charge in [-0.2, -0.15) is 0 Å². The summed E-state index contributed by atoms with van der Waals surface area (Å²) in [6.45, 7) is 2.28. The van der Waals surface area contributed by atoms with E-state index in [0.717, 1.165) is 10.6 Å². The molecule has 0 bridgehead atoms. The minimum Gasteiger partial charge on any atom is -0.497 e. The zero-order valence-electron chi connectivity index (χ0n) is 12.5. The summed E-state index contributed by atoms with van der Waals surface area (Å²) < 4.78 is 10.4. The summed E-state index contributed by atoms with van der Waals surface area (Å²) in [5, 5.41) is 9.04. The number of hydrogen-bond acceptors (Lipinski definition) is 5. The standard InChI is InChI=1S/C15H19NO5S/c1-10-7-16(8-13(21-10)15(18)19)14(17)9-22-12-5-3-4-11(6-12)20-2/h3-6,10,13H,7-9H2,1-2H3,(H,18,19)/t10-,13?/m1/s1. The molecule has 1 saturated heterocycles. The molecule has 1 fully saturated rings. The van der Waals surface area contributed by atoms with E-state index in [0.29, 0.717) is 6.54 Å². The minimum absolute atomic E-state index is 0.0887. The van der Waals surface area contributed by atoms with Crippen molar-refractivity contribution in [2.24, 2.45) is 0 Å². The zero-order valence-corrected chi connectivity index (χ0v) is 13.3. The largest absolute Gasteiger partial charge is 0.497 e. The van der Waals surface area contributed by atoms with Crippen molar-refractivity contribution in [3.63, 3.8) is 0 Å². The summed E-state index contributed by atoms with van der Waals surface area (Å²) in [4.78, 5) is 25.8. The van der Waals surface area contributed by atoms with Crippen molar-refractivity contribution in [3.8, 4) is 5.75 Å². The van der Waals surface area contributed by atoms with Crippen molar-refractivity contribution in [2.75, 3.05) is 26.0 Å². The molecule has 1 aromatic rings. The van der Waals surface area contributed by atoms with Crippen LogP contribution >= 0.6 is 11.8 Å². The van der Waals surface area contributed by atoms with Gasteiger partial charge < -0.3 is 19.5 Å². The monoisotopic (exact) mass is 325 g/mol. The number of benzene rings is 1. The Morgan fingerprint density at radius 2 is 2.23 bits per heavy atom. The number of carboxylic acid groups (broad SMARTS) is 1. The van der Waals surface area contributed by atoms with E-state index < -0.39 is 12.1 Å². The second kappa shape index (κ2) is 7.51. The van der Waals surface area contributed by atoms with Gasteiger partial charge in [0.1, 0.15) is 5.75 Å².